The Hall–Kier alpha value is -1.91. The zero-order valence-electron chi connectivity index (χ0n) is 22.8. The molecule has 5 nitrogen and oxygen atoms in total. The zero-order valence-corrected chi connectivity index (χ0v) is 22.8. The van der Waals surface area contributed by atoms with Crippen molar-refractivity contribution in [1.29, 1.82) is 0 Å². The fourth-order valence-corrected chi connectivity index (χ4v) is 4.74. The molecule has 0 fully saturated rings. The second-order valence-corrected chi connectivity index (χ2v) is 9.96. The molecular formula is C30H52O5. The van der Waals surface area contributed by atoms with Gasteiger partial charge in [0.25, 0.3) is 0 Å². The highest BCUT2D eigenvalue weighted by Gasteiger charge is 2.28. The van der Waals surface area contributed by atoms with Gasteiger partial charge in [-0.1, -0.05) is 111 Å². The van der Waals surface area contributed by atoms with Gasteiger partial charge in [-0.2, -0.15) is 0 Å². The van der Waals surface area contributed by atoms with Gasteiger partial charge in [0.1, 0.15) is 11.3 Å². The highest BCUT2D eigenvalue weighted by atomic mass is 16.5. The van der Waals surface area contributed by atoms with Crippen molar-refractivity contribution in [1.82, 2.24) is 0 Å². The molecule has 0 saturated carbocycles. The van der Waals surface area contributed by atoms with E-state index in [9.17, 15) is 20.1 Å². The molecule has 1 aromatic carbocycles. The summed E-state index contributed by atoms with van der Waals surface area (Å²) < 4.78 is 6.10. The van der Waals surface area contributed by atoms with Crippen LogP contribution in [0.5, 0.6) is 17.2 Å². The lowest BCUT2D eigenvalue weighted by atomic mass is 9.91. The first kappa shape index (κ1) is 31.1. The molecule has 0 aliphatic carbocycles. The van der Waals surface area contributed by atoms with E-state index in [0.29, 0.717) is 25.0 Å². The predicted molar refractivity (Wildman–Crippen MR) is 145 cm³/mol. The molecule has 0 heterocycles. The average molecular weight is 493 g/mol. The molecule has 0 unspecified atom stereocenters. The number of aromatic carboxylic acids is 1. The van der Waals surface area contributed by atoms with E-state index in [2.05, 4.69) is 20.8 Å². The number of rotatable bonds is 22. The Morgan fingerprint density at radius 3 is 1.51 bits per heavy atom. The van der Waals surface area contributed by atoms with Crippen LogP contribution in [0.3, 0.4) is 0 Å². The Balaban J connectivity index is 3.06. The quantitative estimate of drug-likeness (QED) is 0.111. The molecule has 0 aliphatic rings. The number of hydrogen-bond donors (Lipinski definition) is 3. The summed E-state index contributed by atoms with van der Waals surface area (Å²) in [6.07, 6.45) is 20.3. The first-order valence-electron chi connectivity index (χ1n) is 14.4. The van der Waals surface area contributed by atoms with Gasteiger partial charge in [0.05, 0.1) is 6.61 Å². The van der Waals surface area contributed by atoms with Crippen molar-refractivity contribution in [2.75, 3.05) is 6.61 Å². The number of phenolic OH excluding ortho intramolecular Hbond substituents is 1. The molecule has 0 aromatic heterocycles. The Morgan fingerprint density at radius 1 is 0.600 bits per heavy atom. The average Bonchev–Trinajstić information content (AvgIpc) is 2.84. The van der Waals surface area contributed by atoms with Crippen molar-refractivity contribution < 1.29 is 24.9 Å². The normalized spacial score (nSPS) is 11.2. The van der Waals surface area contributed by atoms with Crippen LogP contribution in [0, 0.1) is 0 Å². The maximum absolute atomic E-state index is 12.1. The number of benzene rings is 1. The molecular weight excluding hydrogens is 440 g/mol. The van der Waals surface area contributed by atoms with Crippen LogP contribution in [0.25, 0.3) is 0 Å². The van der Waals surface area contributed by atoms with Crippen LogP contribution in [-0.4, -0.2) is 27.9 Å². The summed E-state index contributed by atoms with van der Waals surface area (Å²) >= 11 is 0. The number of phenols is 2. The first-order valence-corrected chi connectivity index (χ1v) is 14.4. The van der Waals surface area contributed by atoms with Gasteiger partial charge in [-0.05, 0) is 32.1 Å². The highest BCUT2D eigenvalue weighted by molar-refractivity contribution is 5.96. The van der Waals surface area contributed by atoms with Crippen molar-refractivity contribution in [3.63, 3.8) is 0 Å². The molecule has 0 spiro atoms. The minimum Gasteiger partial charge on any atom is -0.504 e. The predicted octanol–water partition coefficient (Wildman–Crippen LogP) is 8.95. The molecule has 35 heavy (non-hydrogen) atoms. The van der Waals surface area contributed by atoms with E-state index in [1.54, 1.807) is 0 Å². The molecule has 1 aromatic rings. The van der Waals surface area contributed by atoms with E-state index < -0.39 is 11.7 Å². The summed E-state index contributed by atoms with van der Waals surface area (Å²) in [4.78, 5) is 12.1. The van der Waals surface area contributed by atoms with E-state index in [-0.39, 0.29) is 17.1 Å². The fourth-order valence-electron chi connectivity index (χ4n) is 4.74. The topological polar surface area (TPSA) is 87.0 Å². The number of carboxylic acid groups (broad SMARTS) is 1. The van der Waals surface area contributed by atoms with Gasteiger partial charge in [-0.3, -0.25) is 0 Å². The minimum absolute atomic E-state index is 0.273. The molecule has 0 amide bonds. The molecule has 202 valence electrons. The highest BCUT2D eigenvalue weighted by Crippen LogP contribution is 2.44. The van der Waals surface area contributed by atoms with Crippen LogP contribution in [0.1, 0.15) is 151 Å². The molecule has 1 rings (SSSR count). The second-order valence-electron chi connectivity index (χ2n) is 9.96. The summed E-state index contributed by atoms with van der Waals surface area (Å²) in [5.41, 5.74) is 1.17. The largest absolute Gasteiger partial charge is 0.504 e. The molecule has 0 radical (unpaired) electrons. The van der Waals surface area contributed by atoms with Crippen LogP contribution in [0.15, 0.2) is 0 Å². The molecule has 0 saturated heterocycles. The van der Waals surface area contributed by atoms with E-state index in [1.807, 2.05) is 0 Å². The maximum Gasteiger partial charge on any atom is 0.343 e. The van der Waals surface area contributed by atoms with Gasteiger partial charge >= 0.3 is 5.97 Å². The minimum atomic E-state index is -1.26. The molecule has 0 bridgehead atoms. The van der Waals surface area contributed by atoms with Crippen LogP contribution in [0.2, 0.25) is 0 Å². The Kier molecular flexibility index (Phi) is 17.2. The number of aromatic hydroxyl groups is 2. The zero-order chi connectivity index (χ0) is 25.9. The van der Waals surface area contributed by atoms with Crippen molar-refractivity contribution >= 4 is 5.97 Å². The summed E-state index contributed by atoms with van der Waals surface area (Å²) in [5.74, 6) is -1.80. The third-order valence-electron chi connectivity index (χ3n) is 6.88. The van der Waals surface area contributed by atoms with Gasteiger partial charge in [0, 0.05) is 11.1 Å². The second kappa shape index (κ2) is 19.3. The van der Waals surface area contributed by atoms with Crippen molar-refractivity contribution in [3.8, 4) is 17.2 Å². The number of carboxylic acids is 1. The van der Waals surface area contributed by atoms with E-state index in [4.69, 9.17) is 4.74 Å². The third kappa shape index (κ3) is 11.6. The lowest BCUT2D eigenvalue weighted by Crippen LogP contribution is -2.11. The van der Waals surface area contributed by atoms with E-state index in [1.165, 1.54) is 51.4 Å². The Morgan fingerprint density at radius 2 is 1.03 bits per heavy atom. The van der Waals surface area contributed by atoms with Gasteiger partial charge < -0.3 is 20.1 Å². The SMILES string of the molecule is CCCCCCCCCOc1c(CCCCCCC)c(CCCCCCC)c(O)c(O)c1C(=O)O. The summed E-state index contributed by atoms with van der Waals surface area (Å²) in [6, 6.07) is 0. The fraction of sp³-hybridized carbons (Fsp3) is 0.767. The van der Waals surface area contributed by atoms with Crippen LogP contribution < -0.4 is 4.74 Å². The number of ether oxygens (including phenoxy) is 1. The first-order chi connectivity index (χ1) is 17.0. The molecule has 3 N–H and O–H groups in total. The Bertz CT molecular complexity index is 713. The number of carbonyl (C=O) groups is 1. The van der Waals surface area contributed by atoms with Gasteiger partial charge in [0.2, 0.25) is 0 Å². The lowest BCUT2D eigenvalue weighted by molar-refractivity contribution is 0.0687. The number of hydrogen-bond acceptors (Lipinski definition) is 4. The summed E-state index contributed by atoms with van der Waals surface area (Å²) in [7, 11) is 0. The van der Waals surface area contributed by atoms with Gasteiger partial charge in [0.15, 0.2) is 11.5 Å². The Labute approximate surface area is 214 Å². The van der Waals surface area contributed by atoms with Crippen LogP contribution in [-0.2, 0) is 12.8 Å². The molecule has 0 atom stereocenters. The monoisotopic (exact) mass is 492 g/mol. The van der Waals surface area contributed by atoms with Crippen molar-refractivity contribution in [2.24, 2.45) is 0 Å². The third-order valence-corrected chi connectivity index (χ3v) is 6.88. The van der Waals surface area contributed by atoms with Gasteiger partial charge in [-0.15, -0.1) is 0 Å². The summed E-state index contributed by atoms with van der Waals surface area (Å²) in [6.45, 7) is 7.00. The van der Waals surface area contributed by atoms with E-state index >= 15 is 0 Å². The molecule has 5 heteroatoms. The van der Waals surface area contributed by atoms with Gasteiger partial charge in [-0.25, -0.2) is 4.79 Å². The van der Waals surface area contributed by atoms with Crippen molar-refractivity contribution in [2.45, 2.75) is 143 Å². The van der Waals surface area contributed by atoms with Crippen LogP contribution >= 0.6 is 0 Å². The lowest BCUT2D eigenvalue weighted by Gasteiger charge is -2.21. The van der Waals surface area contributed by atoms with E-state index in [0.717, 1.165) is 63.4 Å². The van der Waals surface area contributed by atoms with Crippen molar-refractivity contribution in [3.05, 3.63) is 16.7 Å². The number of unbranched alkanes of at least 4 members (excludes halogenated alkanes) is 14. The smallest absolute Gasteiger partial charge is 0.343 e. The molecule has 0 aliphatic heterocycles. The summed E-state index contributed by atoms with van der Waals surface area (Å²) in [5, 5.41) is 31.3. The maximum atomic E-state index is 12.1. The standard InChI is InChI=1S/C30H52O5/c1-4-7-10-13-14-17-20-23-35-29-25(22-19-16-12-9-6-3)24(21-18-15-11-8-5-2)27(31)28(32)26(29)30(33)34/h31-32H,4-23H2,1-3H3,(H,33,34). The van der Waals surface area contributed by atoms with Crippen LogP contribution in [0.4, 0.5) is 0 Å².